The van der Waals surface area contributed by atoms with Gasteiger partial charge in [0.25, 0.3) is 5.56 Å². The molecule has 3 heterocycles. The number of benzene rings is 1. The first-order valence-electron chi connectivity index (χ1n) is 8.34. The molecule has 7 nitrogen and oxygen atoms in total. The maximum absolute atomic E-state index is 13.0. The summed E-state index contributed by atoms with van der Waals surface area (Å²) in [6.07, 6.45) is -0.103. The number of carbonyl (C=O) groups is 1. The third-order valence-electron chi connectivity index (χ3n) is 4.36. The number of rotatable bonds is 4. The van der Waals surface area contributed by atoms with Crippen LogP contribution in [0.5, 0.6) is 0 Å². The van der Waals surface area contributed by atoms with Crippen LogP contribution in [0.15, 0.2) is 40.5 Å². The lowest BCUT2D eigenvalue weighted by Crippen LogP contribution is -2.38. The van der Waals surface area contributed by atoms with Gasteiger partial charge in [0.1, 0.15) is 11.6 Å². The molecule has 1 aliphatic heterocycles. The average molecular weight is 370 g/mol. The van der Waals surface area contributed by atoms with Gasteiger partial charge in [-0.25, -0.2) is 4.98 Å². The summed E-state index contributed by atoms with van der Waals surface area (Å²) in [5.74, 6) is 0.385. The van der Waals surface area contributed by atoms with Crippen molar-refractivity contribution in [1.29, 1.82) is 0 Å². The van der Waals surface area contributed by atoms with Gasteiger partial charge in [-0.15, -0.1) is 11.3 Å². The summed E-state index contributed by atoms with van der Waals surface area (Å²) < 4.78 is 7.91. The van der Waals surface area contributed by atoms with E-state index in [1.54, 1.807) is 11.3 Å². The zero-order chi connectivity index (χ0) is 18.1. The fourth-order valence-electron chi connectivity index (χ4n) is 3.18. The van der Waals surface area contributed by atoms with Crippen molar-refractivity contribution in [2.24, 2.45) is 5.73 Å². The van der Waals surface area contributed by atoms with E-state index in [4.69, 9.17) is 10.5 Å². The second-order valence-electron chi connectivity index (χ2n) is 6.06. The van der Waals surface area contributed by atoms with Crippen LogP contribution in [0.3, 0.4) is 0 Å². The Morgan fingerprint density at radius 3 is 2.85 bits per heavy atom. The molecule has 1 amide bonds. The molecule has 0 atom stereocenters. The van der Waals surface area contributed by atoms with Crippen LogP contribution in [0, 0.1) is 0 Å². The number of hydrogen-bond donors (Lipinski definition) is 1. The molecular formula is C18H18N4O3S. The average Bonchev–Trinajstić information content (AvgIpc) is 3.11. The smallest absolute Gasteiger partial charge is 0.260 e. The lowest BCUT2D eigenvalue weighted by molar-refractivity contribution is -0.117. The molecule has 2 aromatic heterocycles. The van der Waals surface area contributed by atoms with Crippen molar-refractivity contribution in [3.63, 3.8) is 0 Å². The van der Waals surface area contributed by atoms with Crippen molar-refractivity contribution in [2.75, 3.05) is 31.2 Å². The fourth-order valence-corrected chi connectivity index (χ4v) is 3.98. The molecule has 3 aromatic rings. The summed E-state index contributed by atoms with van der Waals surface area (Å²) in [7, 11) is 0. The minimum absolute atomic E-state index is 0.103. The van der Waals surface area contributed by atoms with Crippen molar-refractivity contribution in [3.8, 4) is 5.69 Å². The molecule has 1 aliphatic rings. The highest BCUT2D eigenvalue weighted by Crippen LogP contribution is 2.27. The first-order chi connectivity index (χ1) is 12.6. The molecule has 0 spiro atoms. The van der Waals surface area contributed by atoms with Crippen LogP contribution in [-0.2, 0) is 16.0 Å². The van der Waals surface area contributed by atoms with E-state index in [9.17, 15) is 9.59 Å². The quantitative estimate of drug-likeness (QED) is 0.748. The first kappa shape index (κ1) is 16.7. The zero-order valence-corrected chi connectivity index (χ0v) is 14.9. The van der Waals surface area contributed by atoms with Gasteiger partial charge in [-0.3, -0.25) is 14.2 Å². The number of primary amides is 1. The van der Waals surface area contributed by atoms with Crippen molar-refractivity contribution >= 4 is 33.1 Å². The molecule has 0 radical (unpaired) electrons. The molecule has 0 aliphatic carbocycles. The predicted octanol–water partition coefficient (Wildman–Crippen LogP) is 1.31. The largest absolute Gasteiger partial charge is 0.378 e. The highest BCUT2D eigenvalue weighted by Gasteiger charge is 2.19. The van der Waals surface area contributed by atoms with Crippen LogP contribution in [0.2, 0.25) is 0 Å². The number of amides is 1. The van der Waals surface area contributed by atoms with Crippen LogP contribution in [-0.4, -0.2) is 41.8 Å². The van der Waals surface area contributed by atoms with Crippen molar-refractivity contribution < 1.29 is 9.53 Å². The minimum atomic E-state index is -0.526. The normalized spacial score (nSPS) is 14.7. The Bertz CT molecular complexity index is 1020. The Hall–Kier alpha value is -2.71. The lowest BCUT2D eigenvalue weighted by atomic mass is 10.2. The first-order valence-corrected chi connectivity index (χ1v) is 9.22. The fraction of sp³-hybridized carbons (Fsp3) is 0.278. The van der Waals surface area contributed by atoms with Gasteiger partial charge in [-0.2, -0.15) is 0 Å². The van der Waals surface area contributed by atoms with Gasteiger partial charge in [0.15, 0.2) is 0 Å². The minimum Gasteiger partial charge on any atom is -0.378 e. The van der Waals surface area contributed by atoms with E-state index < -0.39 is 5.91 Å². The van der Waals surface area contributed by atoms with Gasteiger partial charge in [-0.1, -0.05) is 6.07 Å². The molecule has 1 saturated heterocycles. The number of carbonyl (C=O) groups excluding carboxylic acids is 1. The van der Waals surface area contributed by atoms with E-state index in [2.05, 4.69) is 4.98 Å². The molecule has 8 heteroatoms. The number of morpholine rings is 1. The van der Waals surface area contributed by atoms with Crippen LogP contribution < -0.4 is 16.2 Å². The second kappa shape index (κ2) is 6.89. The number of nitrogens with two attached hydrogens (primary N) is 1. The zero-order valence-electron chi connectivity index (χ0n) is 14.1. The van der Waals surface area contributed by atoms with E-state index in [1.165, 1.54) is 10.6 Å². The molecule has 134 valence electrons. The molecule has 2 N–H and O–H groups in total. The summed E-state index contributed by atoms with van der Waals surface area (Å²) in [4.78, 5) is 31.2. The number of fused-ring (bicyclic) bond motifs is 1. The Kier molecular flexibility index (Phi) is 4.44. The SMILES string of the molecule is NC(=O)Cc1nc(N2CCOCC2)cc(=O)n1-c1cccc2sccc12. The number of anilines is 1. The third kappa shape index (κ3) is 3.09. The second-order valence-corrected chi connectivity index (χ2v) is 7.00. The molecule has 4 rings (SSSR count). The van der Waals surface area contributed by atoms with Crippen molar-refractivity contribution in [1.82, 2.24) is 9.55 Å². The maximum Gasteiger partial charge on any atom is 0.260 e. The van der Waals surface area contributed by atoms with Crippen molar-refractivity contribution in [3.05, 3.63) is 51.9 Å². The topological polar surface area (TPSA) is 90.5 Å². The molecule has 0 unspecified atom stereocenters. The number of aromatic nitrogens is 2. The summed E-state index contributed by atoms with van der Waals surface area (Å²) >= 11 is 1.60. The maximum atomic E-state index is 13.0. The van der Waals surface area contributed by atoms with Crippen LogP contribution in [0.25, 0.3) is 15.8 Å². The lowest BCUT2D eigenvalue weighted by Gasteiger charge is -2.28. The Morgan fingerprint density at radius 2 is 2.08 bits per heavy atom. The van der Waals surface area contributed by atoms with E-state index in [1.807, 2.05) is 34.5 Å². The van der Waals surface area contributed by atoms with Gasteiger partial charge in [-0.05, 0) is 23.6 Å². The van der Waals surface area contributed by atoms with Gasteiger partial charge >= 0.3 is 0 Å². The monoisotopic (exact) mass is 370 g/mol. The van der Waals surface area contributed by atoms with E-state index in [0.717, 1.165) is 10.1 Å². The summed E-state index contributed by atoms with van der Waals surface area (Å²) in [6, 6.07) is 9.23. The molecule has 1 fully saturated rings. The molecule has 1 aromatic carbocycles. The third-order valence-corrected chi connectivity index (χ3v) is 5.24. The Labute approximate surface area is 153 Å². The standard InChI is InChI=1S/C18H18N4O3S/c19-15(23)10-17-20-16(21-5-7-25-8-6-21)11-18(24)22(17)13-2-1-3-14-12(13)4-9-26-14/h1-4,9,11H,5-8,10H2,(H2,19,23). The van der Waals surface area contributed by atoms with Crippen LogP contribution >= 0.6 is 11.3 Å². The van der Waals surface area contributed by atoms with Crippen LogP contribution in [0.4, 0.5) is 5.82 Å². The summed E-state index contributed by atoms with van der Waals surface area (Å²) in [5, 5.41) is 2.92. The highest BCUT2D eigenvalue weighted by atomic mass is 32.1. The van der Waals surface area contributed by atoms with E-state index in [-0.39, 0.29) is 12.0 Å². The summed E-state index contributed by atoms with van der Waals surface area (Å²) in [5.41, 5.74) is 5.91. The molecular weight excluding hydrogens is 352 g/mol. The number of ether oxygens (including phenoxy) is 1. The number of thiophene rings is 1. The molecule has 26 heavy (non-hydrogen) atoms. The Morgan fingerprint density at radius 1 is 1.27 bits per heavy atom. The molecule has 0 saturated carbocycles. The van der Waals surface area contributed by atoms with E-state index in [0.29, 0.717) is 43.6 Å². The summed E-state index contributed by atoms with van der Waals surface area (Å²) in [6.45, 7) is 2.49. The highest BCUT2D eigenvalue weighted by molar-refractivity contribution is 7.17. The predicted molar refractivity (Wildman–Crippen MR) is 101 cm³/mol. The number of nitrogens with zero attached hydrogens (tertiary/aromatic N) is 3. The van der Waals surface area contributed by atoms with Gasteiger partial charge < -0.3 is 15.4 Å². The van der Waals surface area contributed by atoms with Gasteiger partial charge in [0.2, 0.25) is 5.91 Å². The molecule has 0 bridgehead atoms. The Balaban J connectivity index is 1.89. The number of hydrogen-bond acceptors (Lipinski definition) is 6. The van der Waals surface area contributed by atoms with E-state index >= 15 is 0 Å². The van der Waals surface area contributed by atoms with Gasteiger partial charge in [0.05, 0.1) is 25.3 Å². The van der Waals surface area contributed by atoms with Crippen molar-refractivity contribution in [2.45, 2.75) is 6.42 Å². The van der Waals surface area contributed by atoms with Crippen LogP contribution in [0.1, 0.15) is 5.82 Å². The van der Waals surface area contributed by atoms with Gasteiger partial charge in [0, 0.05) is 29.2 Å².